The molecule has 0 aromatic heterocycles. The Bertz CT molecular complexity index is 2460. The smallest absolute Gasteiger partial charge is 0.0297 e. The zero-order valence-electron chi connectivity index (χ0n) is 85.8. The number of rotatable bonds is 3. The molecule has 14 aliphatic carbocycles. The summed E-state index contributed by atoms with van der Waals surface area (Å²) in [5.41, 5.74) is 8.28. The molecule has 0 spiro atoms. The summed E-state index contributed by atoms with van der Waals surface area (Å²) in [4.78, 5) is 0. The summed E-state index contributed by atoms with van der Waals surface area (Å²) in [6.07, 6.45) is 55.3. The maximum absolute atomic E-state index is 2.46. The summed E-state index contributed by atoms with van der Waals surface area (Å²) in [5, 5.41) is 0. The van der Waals surface area contributed by atoms with Gasteiger partial charge in [0.25, 0.3) is 0 Å². The van der Waals surface area contributed by atoms with Crippen molar-refractivity contribution in [2.75, 3.05) is 0 Å². The van der Waals surface area contributed by atoms with Crippen molar-refractivity contribution in [1.29, 1.82) is 0 Å². The van der Waals surface area contributed by atoms with Crippen LogP contribution in [0.15, 0.2) is 0 Å². The summed E-state index contributed by atoms with van der Waals surface area (Å²) in [7, 11) is 0. The van der Waals surface area contributed by atoms with E-state index in [1.165, 1.54) is 212 Å². The van der Waals surface area contributed by atoms with E-state index >= 15 is 0 Å². The maximum atomic E-state index is 2.46. The lowest BCUT2D eigenvalue weighted by atomic mass is 9.56. The molecule has 0 aliphatic heterocycles. The van der Waals surface area contributed by atoms with E-state index in [4.69, 9.17) is 0 Å². The first-order valence-electron chi connectivity index (χ1n) is 50.8. The summed E-state index contributed by atoms with van der Waals surface area (Å²) in [6, 6.07) is 0. The van der Waals surface area contributed by atoms with Gasteiger partial charge in [0.05, 0.1) is 0 Å². The topological polar surface area (TPSA) is 0 Å². The third-order valence-electron chi connectivity index (χ3n) is 37.0. The van der Waals surface area contributed by atoms with Gasteiger partial charge in [-0.1, -0.05) is 367 Å². The van der Waals surface area contributed by atoms with Gasteiger partial charge in [0.15, 0.2) is 0 Å². The van der Waals surface area contributed by atoms with Crippen LogP contribution in [-0.2, 0) is 0 Å². The highest BCUT2D eigenvalue weighted by Crippen LogP contribution is 2.61. The second-order valence-electron chi connectivity index (χ2n) is 55.2. The fourth-order valence-corrected chi connectivity index (χ4v) is 30.4. The molecular formula is C112H218. The van der Waals surface area contributed by atoms with Crippen molar-refractivity contribution in [3.8, 4) is 0 Å². The van der Waals surface area contributed by atoms with Gasteiger partial charge >= 0.3 is 0 Å². The van der Waals surface area contributed by atoms with Crippen LogP contribution < -0.4 is 0 Å². The maximum Gasteiger partial charge on any atom is -0.0297 e. The molecule has 0 heterocycles. The van der Waals surface area contributed by atoms with Crippen molar-refractivity contribution < 1.29 is 0 Å². The SMILES string of the molecule is CC1(C)CC(C)(C)CC(C)(C)C1.CC1C(C)(C)CCCC1(C)C.CC1C2CCC(C2)[C@H]1C.CC1CC(C)(C)CC(C)(C)C1.CC1CCC(C)(C)CC1.CC1CCCC(C)C1C.CCC1C(C)(C)CCC1(C)C.CCC1CC(C)(C)CC(C)(C)C1.CCC1CC2CCC1C2.C[C@@H]1C2CCC(C2)C1(C)C.C[C@@H]1CCCCC1(C)C. The van der Waals surface area contributed by atoms with Crippen LogP contribution in [0.3, 0.4) is 0 Å². The van der Waals surface area contributed by atoms with Crippen LogP contribution in [0, 0.1) is 188 Å². The summed E-state index contributed by atoms with van der Waals surface area (Å²) in [5.74, 6) is 19.5. The van der Waals surface area contributed by atoms with E-state index in [0.717, 1.165) is 112 Å². The van der Waals surface area contributed by atoms with Gasteiger partial charge in [0.1, 0.15) is 0 Å². The van der Waals surface area contributed by atoms with Crippen molar-refractivity contribution in [2.45, 2.75) is 528 Å². The fraction of sp³-hybridized carbons (Fsp3) is 1.00. The molecule has 13 atom stereocenters. The number of hydrogen-bond donors (Lipinski definition) is 0. The Kier molecular flexibility index (Phi) is 39.1. The second-order valence-corrected chi connectivity index (χ2v) is 55.2. The molecule has 0 aromatic carbocycles. The van der Waals surface area contributed by atoms with Crippen molar-refractivity contribution in [3.05, 3.63) is 0 Å². The largest absolute Gasteiger partial charge is 0.0651 e. The van der Waals surface area contributed by atoms with Crippen molar-refractivity contribution in [2.24, 2.45) is 188 Å². The van der Waals surface area contributed by atoms with E-state index in [-0.39, 0.29) is 0 Å². The average Bonchev–Trinajstić information content (AvgIpc) is 1.57. The molecule has 0 saturated heterocycles. The van der Waals surface area contributed by atoms with E-state index in [0.29, 0.717) is 75.8 Å². The molecule has 0 nitrogen and oxygen atoms in total. The molecule has 14 saturated carbocycles. The van der Waals surface area contributed by atoms with Crippen LogP contribution >= 0.6 is 0 Å². The second kappa shape index (κ2) is 41.9. The lowest BCUT2D eigenvalue weighted by molar-refractivity contribution is 0.0202. The third-order valence-corrected chi connectivity index (χ3v) is 37.0. The average molecular weight is 1560 g/mol. The zero-order chi connectivity index (χ0) is 85.8. The first kappa shape index (κ1) is 104. The monoisotopic (exact) mass is 1560 g/mol. The molecule has 666 valence electrons. The first-order chi connectivity index (χ1) is 50.8. The molecule has 0 N–H and O–H groups in total. The minimum atomic E-state index is 0.547. The number of hydrogen-bond acceptors (Lipinski definition) is 0. The predicted molar refractivity (Wildman–Crippen MR) is 508 cm³/mol. The van der Waals surface area contributed by atoms with Crippen LogP contribution in [0.5, 0.6) is 0 Å². The summed E-state index contributed by atoms with van der Waals surface area (Å²) >= 11 is 0. The standard InChI is InChI=1S/2C12H24.3C11H22.C10H18.2C9H16.3C9H18/c1-10(2)7-11(3,4)9-12(5,6)8-10;1-6-10-7-11(2,3)9-12(4,5)8-10;1-9-6-10(2,3)8-11(4,5)7-9;1-9-10(2,3)7-6-8-11(9,4)5;1-6-9-10(2,3)7-8-11(9,4)5;1-7-8-4-5-9(6-8)10(7,2)3;1-6-7(2)9-4-3-8(6)5-9;1-2-8-5-7-3-4-9(8)6-7;1-8-4-6-9(2,3)7-5-8;1-8-6-4-5-7-9(8,2)3;1-7-5-4-6-8(2)9(7)3/h7-9H2,1-6H3;10H,6-9H2,1-5H3;3*9H,6-8H2,1-5H3;7-9H,4-6H2,1-3H3;6-9H,3-5H2,1-2H3;7-9H,2-6H2,1H3;2*8H,4-7H2,1-3H3;7-9H,4-6H2,1-3H3/t;;;;;7-,8?,9?;6-,7?,8?,9?;;;8-;/m.....10..1./s1. The summed E-state index contributed by atoms with van der Waals surface area (Å²) in [6.45, 7) is 98.8. The molecule has 14 rings (SSSR count). The van der Waals surface area contributed by atoms with Gasteiger partial charge in [0, 0.05) is 0 Å². The minimum absolute atomic E-state index is 0.547. The van der Waals surface area contributed by atoms with Gasteiger partial charge in [-0.2, -0.15) is 0 Å². The van der Waals surface area contributed by atoms with Crippen LogP contribution in [0.25, 0.3) is 0 Å². The van der Waals surface area contributed by atoms with Crippen LogP contribution in [0.1, 0.15) is 528 Å². The summed E-state index contributed by atoms with van der Waals surface area (Å²) < 4.78 is 0. The molecule has 112 heavy (non-hydrogen) atoms. The van der Waals surface area contributed by atoms with E-state index < -0.39 is 0 Å². The normalized spacial score (nSPS) is 36.8. The fourth-order valence-electron chi connectivity index (χ4n) is 30.4. The Morgan fingerprint density at radius 2 is 0.679 bits per heavy atom. The van der Waals surface area contributed by atoms with Crippen molar-refractivity contribution in [3.63, 3.8) is 0 Å². The van der Waals surface area contributed by atoms with Gasteiger partial charge in [-0.05, 0) is 349 Å². The Morgan fingerprint density at radius 1 is 0.268 bits per heavy atom. The van der Waals surface area contributed by atoms with Gasteiger partial charge in [-0.3, -0.25) is 0 Å². The first-order valence-corrected chi connectivity index (χ1v) is 50.8. The Hall–Kier alpha value is 0. The van der Waals surface area contributed by atoms with Gasteiger partial charge in [-0.15, -0.1) is 0 Å². The van der Waals surface area contributed by atoms with E-state index in [1.807, 2.05) is 0 Å². The highest BCUT2D eigenvalue weighted by molar-refractivity contribution is 5.01. The van der Waals surface area contributed by atoms with E-state index in [2.05, 4.69) is 284 Å². The quantitative estimate of drug-likeness (QED) is 0.264. The van der Waals surface area contributed by atoms with E-state index in [1.54, 1.807) is 32.1 Å². The molecule has 10 unspecified atom stereocenters. The van der Waals surface area contributed by atoms with Crippen molar-refractivity contribution >= 4 is 0 Å². The zero-order valence-corrected chi connectivity index (χ0v) is 85.8. The third kappa shape index (κ3) is 33.3. The van der Waals surface area contributed by atoms with Gasteiger partial charge in [-0.25, -0.2) is 0 Å². The molecule has 0 heteroatoms. The molecule has 0 aromatic rings. The molecule has 14 aliphatic rings. The minimum Gasteiger partial charge on any atom is -0.0651 e. The highest BCUT2D eigenvalue weighted by atomic mass is 14.6. The lowest BCUT2D eigenvalue weighted by Gasteiger charge is -2.49. The molecule has 0 amide bonds. The molecular weight excluding hydrogens is 1350 g/mol. The Labute approximate surface area is 711 Å². The van der Waals surface area contributed by atoms with Crippen molar-refractivity contribution in [1.82, 2.24) is 0 Å². The Morgan fingerprint density at radius 3 is 0.946 bits per heavy atom. The van der Waals surface area contributed by atoms with Gasteiger partial charge < -0.3 is 0 Å². The van der Waals surface area contributed by atoms with Crippen LogP contribution in [0.4, 0.5) is 0 Å². The molecule has 0 radical (unpaired) electrons. The lowest BCUT2D eigenvalue weighted by Crippen LogP contribution is -2.38. The number of fused-ring (bicyclic) bond motifs is 6. The van der Waals surface area contributed by atoms with Gasteiger partial charge in [0.2, 0.25) is 0 Å². The molecule has 14 fully saturated rings. The molecule has 6 bridgehead atoms. The van der Waals surface area contributed by atoms with Crippen LogP contribution in [0.2, 0.25) is 0 Å². The Balaban J connectivity index is 0.000000260. The van der Waals surface area contributed by atoms with E-state index in [9.17, 15) is 0 Å². The highest BCUT2D eigenvalue weighted by Gasteiger charge is 2.51. The van der Waals surface area contributed by atoms with Crippen LogP contribution in [-0.4, -0.2) is 0 Å². The predicted octanol–water partition coefficient (Wildman–Crippen LogP) is 38.2.